The van der Waals surface area contributed by atoms with Gasteiger partial charge < -0.3 is 10.6 Å². The van der Waals surface area contributed by atoms with Crippen LogP contribution in [0.2, 0.25) is 0 Å². The second-order valence-corrected chi connectivity index (χ2v) is 8.56. The minimum atomic E-state index is -3.84. The van der Waals surface area contributed by atoms with Crippen molar-refractivity contribution in [3.63, 3.8) is 0 Å². The van der Waals surface area contributed by atoms with Crippen molar-refractivity contribution in [2.24, 2.45) is 0 Å². The lowest BCUT2D eigenvalue weighted by Gasteiger charge is -2.12. The number of rotatable bonds is 8. The molecule has 0 saturated heterocycles. The number of anilines is 4. The number of nitrogens with zero attached hydrogens (tertiary/aromatic N) is 1. The van der Waals surface area contributed by atoms with Gasteiger partial charge >= 0.3 is 0 Å². The highest BCUT2D eigenvalue weighted by molar-refractivity contribution is 7.92. The summed E-state index contributed by atoms with van der Waals surface area (Å²) in [6.45, 7) is 1.63. The lowest BCUT2D eigenvalue weighted by atomic mass is 10.1. The first-order valence-corrected chi connectivity index (χ1v) is 11.1. The molecule has 0 radical (unpaired) electrons. The van der Waals surface area contributed by atoms with Crippen molar-refractivity contribution >= 4 is 38.8 Å². The van der Waals surface area contributed by atoms with Gasteiger partial charge in [-0.1, -0.05) is 6.92 Å². The Hall–Kier alpha value is -3.60. The number of hydrogen-bond donors (Lipinski definition) is 3. The van der Waals surface area contributed by atoms with Gasteiger partial charge in [0.15, 0.2) is 5.82 Å². The molecule has 0 bridgehead atoms. The van der Waals surface area contributed by atoms with E-state index in [2.05, 4.69) is 15.6 Å². The number of nitrogens with one attached hydrogen (secondary N) is 3. The summed E-state index contributed by atoms with van der Waals surface area (Å²) >= 11 is 0. The van der Waals surface area contributed by atoms with Gasteiger partial charge in [0.25, 0.3) is 5.91 Å². The number of benzene rings is 2. The fourth-order valence-corrected chi connectivity index (χ4v) is 3.88. The molecule has 3 N–H and O–H groups in total. The van der Waals surface area contributed by atoms with E-state index in [4.69, 9.17) is 0 Å². The Morgan fingerprint density at radius 1 is 0.969 bits per heavy atom. The summed E-state index contributed by atoms with van der Waals surface area (Å²) in [4.78, 5) is 16.5. The molecule has 168 valence electrons. The molecule has 7 nitrogen and oxygen atoms in total. The molecular formula is C21H19F3N4O3S. The first-order chi connectivity index (χ1) is 15.2. The van der Waals surface area contributed by atoms with Crippen molar-refractivity contribution in [2.45, 2.75) is 13.3 Å². The number of carbonyl (C=O) groups is 1. The van der Waals surface area contributed by atoms with Crippen LogP contribution in [-0.4, -0.2) is 25.1 Å². The maximum Gasteiger partial charge on any atom is 0.261 e. The molecule has 1 heterocycles. The number of hydrogen-bond acceptors (Lipinski definition) is 5. The molecular weight excluding hydrogens is 445 g/mol. The summed E-state index contributed by atoms with van der Waals surface area (Å²) < 4.78 is 67.6. The summed E-state index contributed by atoms with van der Waals surface area (Å²) in [6.07, 6.45) is 1.55. The average molecular weight is 464 g/mol. The molecule has 0 saturated carbocycles. The van der Waals surface area contributed by atoms with Crippen LogP contribution in [0.15, 0.2) is 54.7 Å². The topological polar surface area (TPSA) is 100 Å². The fourth-order valence-electron chi connectivity index (χ4n) is 2.74. The number of aromatic nitrogens is 1. The summed E-state index contributed by atoms with van der Waals surface area (Å²) in [5, 5.41) is 5.24. The van der Waals surface area contributed by atoms with E-state index in [0.29, 0.717) is 17.9 Å². The van der Waals surface area contributed by atoms with Crippen LogP contribution in [0.1, 0.15) is 23.7 Å². The number of sulfonamides is 1. The van der Waals surface area contributed by atoms with Crippen LogP contribution in [0.25, 0.3) is 0 Å². The normalized spacial score (nSPS) is 11.1. The van der Waals surface area contributed by atoms with Crippen molar-refractivity contribution < 1.29 is 26.4 Å². The third kappa shape index (κ3) is 5.76. The van der Waals surface area contributed by atoms with Crippen LogP contribution in [0.5, 0.6) is 0 Å². The molecule has 2 aromatic carbocycles. The molecule has 0 fully saturated rings. The Balaban J connectivity index is 1.75. The first kappa shape index (κ1) is 23.1. The minimum Gasteiger partial charge on any atom is -0.340 e. The highest BCUT2D eigenvalue weighted by Crippen LogP contribution is 2.24. The van der Waals surface area contributed by atoms with Crippen LogP contribution >= 0.6 is 0 Å². The highest BCUT2D eigenvalue weighted by Gasteiger charge is 2.23. The molecule has 32 heavy (non-hydrogen) atoms. The molecule has 3 rings (SSSR count). The van der Waals surface area contributed by atoms with Crippen LogP contribution in [-0.2, 0) is 10.0 Å². The van der Waals surface area contributed by atoms with E-state index in [9.17, 15) is 26.4 Å². The van der Waals surface area contributed by atoms with E-state index < -0.39 is 38.8 Å². The van der Waals surface area contributed by atoms with Crippen molar-refractivity contribution in [3.05, 3.63) is 77.7 Å². The maximum absolute atomic E-state index is 14.7. The second kappa shape index (κ2) is 9.69. The van der Waals surface area contributed by atoms with Crippen molar-refractivity contribution in [1.29, 1.82) is 0 Å². The molecule has 1 amide bonds. The molecule has 0 atom stereocenters. The number of pyridine rings is 1. The first-order valence-electron chi connectivity index (χ1n) is 9.47. The molecule has 1 aromatic heterocycles. The van der Waals surface area contributed by atoms with Gasteiger partial charge in [0.2, 0.25) is 10.0 Å². The summed E-state index contributed by atoms with van der Waals surface area (Å²) in [7, 11) is -3.84. The van der Waals surface area contributed by atoms with Crippen LogP contribution in [0.4, 0.5) is 36.1 Å². The van der Waals surface area contributed by atoms with E-state index >= 15 is 0 Å². The number of amides is 1. The predicted octanol–water partition coefficient (Wildman–Crippen LogP) is 4.65. The molecule has 0 spiro atoms. The van der Waals surface area contributed by atoms with Gasteiger partial charge in [0, 0.05) is 5.69 Å². The Morgan fingerprint density at radius 2 is 1.66 bits per heavy atom. The van der Waals surface area contributed by atoms with Gasteiger partial charge in [-0.25, -0.2) is 26.6 Å². The van der Waals surface area contributed by atoms with E-state index in [1.165, 1.54) is 42.6 Å². The van der Waals surface area contributed by atoms with Crippen LogP contribution < -0.4 is 15.4 Å². The molecule has 0 aliphatic carbocycles. The monoisotopic (exact) mass is 464 g/mol. The van der Waals surface area contributed by atoms with Gasteiger partial charge in [-0.3, -0.25) is 9.52 Å². The Bertz CT molecular complexity index is 1220. The quantitative estimate of drug-likeness (QED) is 0.451. The maximum atomic E-state index is 14.7. The van der Waals surface area contributed by atoms with Gasteiger partial charge in [0.1, 0.15) is 23.0 Å². The summed E-state index contributed by atoms with van der Waals surface area (Å²) in [6, 6.07) is 10.2. The summed E-state index contributed by atoms with van der Waals surface area (Å²) in [5.74, 6) is -3.85. The lowest BCUT2D eigenvalue weighted by molar-refractivity contribution is 0.101. The lowest BCUT2D eigenvalue weighted by Crippen LogP contribution is -2.20. The van der Waals surface area contributed by atoms with Crippen molar-refractivity contribution in [2.75, 3.05) is 21.1 Å². The molecule has 0 aliphatic rings. The Labute approximate surface area is 182 Å². The van der Waals surface area contributed by atoms with Gasteiger partial charge in [-0.15, -0.1) is 0 Å². The third-order valence-electron chi connectivity index (χ3n) is 4.19. The van der Waals surface area contributed by atoms with E-state index in [-0.39, 0.29) is 17.3 Å². The third-order valence-corrected chi connectivity index (χ3v) is 5.67. The Morgan fingerprint density at radius 3 is 2.28 bits per heavy atom. The fraction of sp³-hybridized carbons (Fsp3) is 0.143. The zero-order valence-corrected chi connectivity index (χ0v) is 17.6. The second-order valence-electron chi connectivity index (χ2n) is 6.72. The van der Waals surface area contributed by atoms with Gasteiger partial charge in [-0.05, 0) is 55.0 Å². The van der Waals surface area contributed by atoms with Crippen molar-refractivity contribution in [1.82, 2.24) is 4.98 Å². The van der Waals surface area contributed by atoms with Crippen molar-refractivity contribution in [3.8, 4) is 0 Å². The van der Waals surface area contributed by atoms with E-state index in [1.54, 1.807) is 6.92 Å². The number of halogens is 3. The molecule has 3 aromatic rings. The SMILES string of the molecule is CCCS(=O)(=O)Nc1ccc(F)c(C(=O)Nc2ccc(Nc3ccc(F)cc3)nc2)c1F. The minimum absolute atomic E-state index is 0.149. The predicted molar refractivity (Wildman–Crippen MR) is 116 cm³/mol. The Kier molecular flexibility index (Phi) is 6.98. The van der Waals surface area contributed by atoms with E-state index in [1.807, 2.05) is 4.72 Å². The van der Waals surface area contributed by atoms with E-state index in [0.717, 1.165) is 12.1 Å². The van der Waals surface area contributed by atoms with Gasteiger partial charge in [0.05, 0.1) is 23.3 Å². The van der Waals surface area contributed by atoms with Gasteiger partial charge in [-0.2, -0.15) is 0 Å². The highest BCUT2D eigenvalue weighted by atomic mass is 32.2. The standard InChI is InChI=1S/C21H19F3N4O3S/c1-2-11-32(30,31)28-17-9-8-16(23)19(20(17)24)21(29)27-15-7-10-18(25-12-15)26-14-5-3-13(22)4-6-14/h3-10,12,28H,2,11H2,1H3,(H,25,26)(H,27,29). The zero-order valence-electron chi connectivity index (χ0n) is 16.8. The number of carbonyl (C=O) groups excluding carboxylic acids is 1. The molecule has 0 unspecified atom stereocenters. The van der Waals surface area contributed by atoms with Crippen LogP contribution in [0.3, 0.4) is 0 Å². The summed E-state index contributed by atoms with van der Waals surface area (Å²) in [5.41, 5.74) is -0.727. The zero-order chi connectivity index (χ0) is 23.3. The van der Waals surface area contributed by atoms with Crippen LogP contribution in [0, 0.1) is 17.5 Å². The molecule has 0 aliphatic heterocycles. The average Bonchev–Trinajstić information content (AvgIpc) is 2.73. The molecule has 11 heteroatoms. The largest absolute Gasteiger partial charge is 0.340 e. The smallest absolute Gasteiger partial charge is 0.261 e.